The van der Waals surface area contributed by atoms with E-state index in [-0.39, 0.29) is 28.7 Å². The second-order valence-electron chi connectivity index (χ2n) is 8.89. The number of nitrogens with zero attached hydrogens (tertiary/aromatic N) is 3. The summed E-state index contributed by atoms with van der Waals surface area (Å²) in [7, 11) is 0. The van der Waals surface area contributed by atoms with Gasteiger partial charge in [0.15, 0.2) is 11.5 Å². The number of hydrogen-bond acceptors (Lipinski definition) is 6. The molecule has 1 N–H and O–H groups in total. The molecule has 9 heteroatoms. The lowest BCUT2D eigenvalue weighted by atomic mass is 9.80. The summed E-state index contributed by atoms with van der Waals surface area (Å²) in [6, 6.07) is 16.4. The largest absolute Gasteiger partial charge is 0.445 e. The van der Waals surface area contributed by atoms with Crippen LogP contribution in [0.15, 0.2) is 60.8 Å². The minimum Gasteiger partial charge on any atom is -0.445 e. The van der Waals surface area contributed by atoms with E-state index < -0.39 is 6.09 Å². The molecule has 0 bridgehead atoms. The van der Waals surface area contributed by atoms with E-state index >= 15 is 0 Å². The van der Waals surface area contributed by atoms with Crippen LogP contribution in [0.25, 0.3) is 0 Å². The summed E-state index contributed by atoms with van der Waals surface area (Å²) in [6.07, 6.45) is 2.49. The fourth-order valence-corrected chi connectivity index (χ4v) is 4.36. The van der Waals surface area contributed by atoms with Crippen molar-refractivity contribution in [1.29, 1.82) is 0 Å². The van der Waals surface area contributed by atoms with Gasteiger partial charge in [-0.25, -0.2) is 14.8 Å². The van der Waals surface area contributed by atoms with E-state index in [0.717, 1.165) is 18.4 Å². The molecule has 1 fully saturated rings. The zero-order valence-electron chi connectivity index (χ0n) is 19.3. The molecule has 0 radical (unpaired) electrons. The molecule has 182 valence electrons. The smallest absolute Gasteiger partial charge is 0.407 e. The van der Waals surface area contributed by atoms with Crippen molar-refractivity contribution >= 4 is 40.9 Å². The molecular weight excluding hydrogens is 487 g/mol. The SMILES string of the molecule is CC1(CNC(=O)OCc2ccccc2)CCN(c2nc(Cl)cnc2C(=O)c2ccccc2Cl)CC1. The first-order valence-corrected chi connectivity index (χ1v) is 12.1. The molecule has 1 aliphatic rings. The highest BCUT2D eigenvalue weighted by Gasteiger charge is 2.33. The zero-order valence-corrected chi connectivity index (χ0v) is 20.9. The summed E-state index contributed by atoms with van der Waals surface area (Å²) in [5.74, 6) is 0.144. The Hall–Kier alpha value is -3.16. The van der Waals surface area contributed by atoms with Crippen molar-refractivity contribution in [3.8, 4) is 0 Å². The van der Waals surface area contributed by atoms with Gasteiger partial charge in [0.25, 0.3) is 0 Å². The number of hydrogen-bond donors (Lipinski definition) is 1. The summed E-state index contributed by atoms with van der Waals surface area (Å²) in [4.78, 5) is 36.1. The Labute approximate surface area is 214 Å². The number of anilines is 1. The van der Waals surface area contributed by atoms with Crippen LogP contribution >= 0.6 is 23.2 Å². The molecular formula is C26H26Cl2N4O3. The quantitative estimate of drug-likeness (QED) is 0.418. The van der Waals surface area contributed by atoms with Crippen LogP contribution in [-0.4, -0.2) is 41.5 Å². The van der Waals surface area contributed by atoms with E-state index in [0.29, 0.717) is 36.0 Å². The van der Waals surface area contributed by atoms with E-state index in [2.05, 4.69) is 22.2 Å². The minimum absolute atomic E-state index is 0.124. The van der Waals surface area contributed by atoms with Gasteiger partial charge in [-0.15, -0.1) is 0 Å². The molecule has 1 aliphatic heterocycles. The molecule has 1 aromatic heterocycles. The predicted molar refractivity (Wildman–Crippen MR) is 136 cm³/mol. The van der Waals surface area contributed by atoms with E-state index in [9.17, 15) is 9.59 Å². The van der Waals surface area contributed by atoms with Gasteiger partial charge < -0.3 is 15.0 Å². The van der Waals surface area contributed by atoms with Crippen molar-refractivity contribution in [2.24, 2.45) is 5.41 Å². The third-order valence-corrected chi connectivity index (χ3v) is 6.71. The van der Waals surface area contributed by atoms with E-state index in [1.165, 1.54) is 6.20 Å². The fraction of sp³-hybridized carbons (Fsp3) is 0.308. The lowest BCUT2D eigenvalue weighted by molar-refractivity contribution is 0.103. The van der Waals surface area contributed by atoms with Gasteiger partial charge in [0, 0.05) is 25.2 Å². The molecule has 4 rings (SSSR count). The molecule has 0 unspecified atom stereocenters. The molecule has 35 heavy (non-hydrogen) atoms. The number of aromatic nitrogens is 2. The average molecular weight is 513 g/mol. The highest BCUT2D eigenvalue weighted by atomic mass is 35.5. The maximum atomic E-state index is 13.2. The van der Waals surface area contributed by atoms with Crippen molar-refractivity contribution < 1.29 is 14.3 Å². The number of nitrogens with one attached hydrogen (secondary N) is 1. The Bertz CT molecular complexity index is 1200. The second kappa shape index (κ2) is 11.1. The molecule has 0 atom stereocenters. The molecule has 7 nitrogen and oxygen atoms in total. The highest BCUT2D eigenvalue weighted by molar-refractivity contribution is 6.35. The zero-order chi connectivity index (χ0) is 24.8. The van der Waals surface area contributed by atoms with E-state index in [1.54, 1.807) is 24.3 Å². The van der Waals surface area contributed by atoms with E-state index in [1.807, 2.05) is 35.2 Å². The second-order valence-corrected chi connectivity index (χ2v) is 9.68. The highest BCUT2D eigenvalue weighted by Crippen LogP contribution is 2.34. The standard InChI is InChI=1S/C26H26Cl2N4O3/c1-26(17-30-25(34)35-16-18-7-3-2-4-8-18)11-13-32(14-12-26)24-22(29-15-21(28)31-24)23(33)19-9-5-6-10-20(19)27/h2-10,15H,11-14,16-17H2,1H3,(H,30,34). The molecule has 0 aliphatic carbocycles. The van der Waals surface area contributed by atoms with Crippen LogP contribution in [0.2, 0.25) is 10.2 Å². The van der Waals surface area contributed by atoms with Crippen LogP contribution in [0, 0.1) is 5.41 Å². The van der Waals surface area contributed by atoms with Gasteiger partial charge in [0.05, 0.1) is 11.2 Å². The Morgan fingerprint density at radius 2 is 1.74 bits per heavy atom. The lowest BCUT2D eigenvalue weighted by Crippen LogP contribution is -2.45. The Morgan fingerprint density at radius 3 is 2.46 bits per heavy atom. The first-order valence-electron chi connectivity index (χ1n) is 11.4. The number of alkyl carbamates (subject to hydrolysis) is 1. The number of rotatable bonds is 7. The number of benzene rings is 2. The number of carbonyl (C=O) groups is 2. The van der Waals surface area contributed by atoms with Crippen molar-refractivity contribution in [2.45, 2.75) is 26.4 Å². The van der Waals surface area contributed by atoms with Crippen LogP contribution in [-0.2, 0) is 11.3 Å². The maximum Gasteiger partial charge on any atom is 0.407 e. The van der Waals surface area contributed by atoms with Gasteiger partial charge in [-0.05, 0) is 36.0 Å². The number of ether oxygens (including phenoxy) is 1. The molecule has 1 saturated heterocycles. The van der Waals surface area contributed by atoms with Gasteiger partial charge in [0.1, 0.15) is 11.8 Å². The summed E-state index contributed by atoms with van der Waals surface area (Å²) in [5, 5.41) is 3.46. The van der Waals surface area contributed by atoms with Gasteiger partial charge in [-0.2, -0.15) is 0 Å². The molecule has 2 aromatic carbocycles. The summed E-state index contributed by atoms with van der Waals surface area (Å²) >= 11 is 12.4. The molecule has 2 heterocycles. The Morgan fingerprint density at radius 1 is 1.06 bits per heavy atom. The van der Waals surface area contributed by atoms with Crippen molar-refractivity contribution in [3.05, 3.63) is 87.8 Å². The van der Waals surface area contributed by atoms with Gasteiger partial charge in [-0.1, -0.05) is 72.6 Å². The summed E-state index contributed by atoms with van der Waals surface area (Å²) in [6.45, 7) is 4.11. The fourth-order valence-electron chi connectivity index (χ4n) is 4.01. The topological polar surface area (TPSA) is 84.4 Å². The summed E-state index contributed by atoms with van der Waals surface area (Å²) < 4.78 is 5.32. The normalized spacial score (nSPS) is 14.9. The number of halogens is 2. The van der Waals surface area contributed by atoms with Gasteiger partial charge >= 0.3 is 6.09 Å². The van der Waals surface area contributed by atoms with Crippen molar-refractivity contribution in [1.82, 2.24) is 15.3 Å². The lowest BCUT2D eigenvalue weighted by Gasteiger charge is -2.40. The van der Waals surface area contributed by atoms with Gasteiger partial charge in [-0.3, -0.25) is 4.79 Å². The minimum atomic E-state index is -0.439. The third kappa shape index (κ3) is 6.29. The average Bonchev–Trinajstić information content (AvgIpc) is 2.87. The molecule has 0 spiro atoms. The van der Waals surface area contributed by atoms with Gasteiger partial charge in [0.2, 0.25) is 5.78 Å². The van der Waals surface area contributed by atoms with Crippen LogP contribution in [0.4, 0.5) is 10.6 Å². The van der Waals surface area contributed by atoms with Crippen LogP contribution in [0.5, 0.6) is 0 Å². The Balaban J connectivity index is 1.37. The predicted octanol–water partition coefficient (Wildman–Crippen LogP) is 5.55. The molecule has 3 aromatic rings. The van der Waals surface area contributed by atoms with E-state index in [4.69, 9.17) is 27.9 Å². The molecule has 0 saturated carbocycles. The first-order chi connectivity index (χ1) is 16.8. The van der Waals surface area contributed by atoms with Crippen molar-refractivity contribution in [3.63, 3.8) is 0 Å². The van der Waals surface area contributed by atoms with Crippen molar-refractivity contribution in [2.75, 3.05) is 24.5 Å². The first kappa shape index (κ1) is 24.9. The van der Waals surface area contributed by atoms with Crippen LogP contribution in [0.3, 0.4) is 0 Å². The van der Waals surface area contributed by atoms with Crippen LogP contribution < -0.4 is 10.2 Å². The third-order valence-electron chi connectivity index (χ3n) is 6.20. The number of amides is 1. The van der Waals surface area contributed by atoms with Crippen LogP contribution in [0.1, 0.15) is 41.4 Å². The maximum absolute atomic E-state index is 13.2. The Kier molecular flexibility index (Phi) is 7.88. The number of ketones is 1. The monoisotopic (exact) mass is 512 g/mol. The molecule has 1 amide bonds. The number of carbonyl (C=O) groups excluding carboxylic acids is 2. The number of piperidine rings is 1. The summed E-state index contributed by atoms with van der Waals surface area (Å²) in [5.41, 5.74) is 1.40.